The van der Waals surface area contributed by atoms with Gasteiger partial charge in [0.1, 0.15) is 0 Å². The summed E-state index contributed by atoms with van der Waals surface area (Å²) in [5.74, 6) is -2.16. The van der Waals surface area contributed by atoms with E-state index >= 15 is 0 Å². The molecule has 0 radical (unpaired) electrons. The molecular formula is C17H18FNO4. The summed E-state index contributed by atoms with van der Waals surface area (Å²) in [6, 6.07) is 2.11. The Balaban J connectivity index is 2.25. The highest BCUT2D eigenvalue weighted by Gasteiger charge is 2.27. The van der Waals surface area contributed by atoms with Crippen molar-refractivity contribution in [1.29, 1.82) is 0 Å². The topological polar surface area (TPSA) is 66.8 Å². The average Bonchev–Trinajstić information content (AvgIpc) is 2.58. The van der Waals surface area contributed by atoms with Gasteiger partial charge in [0, 0.05) is 12.1 Å². The minimum atomic E-state index is -0.997. The number of benzene rings is 1. The summed E-state index contributed by atoms with van der Waals surface area (Å²) in [5, 5.41) is 9.42. The Morgan fingerprint density at radius 3 is 2.87 bits per heavy atom. The molecule has 2 rings (SSSR count). The second-order valence-corrected chi connectivity index (χ2v) is 5.12. The molecule has 1 unspecified atom stereocenters. The number of amides is 1. The predicted molar refractivity (Wildman–Crippen MR) is 83.0 cm³/mol. The smallest absolute Gasteiger partial charge is 0.254 e. The first kappa shape index (κ1) is 16.9. The number of phenols is 1. The summed E-state index contributed by atoms with van der Waals surface area (Å²) in [6.45, 7) is 6.59. The van der Waals surface area contributed by atoms with Gasteiger partial charge in [-0.1, -0.05) is 18.7 Å². The highest BCUT2D eigenvalue weighted by atomic mass is 19.1. The van der Waals surface area contributed by atoms with Crippen LogP contribution in [0.5, 0.6) is 5.75 Å². The number of carbonyl (C=O) groups excluding carboxylic acids is 2. The van der Waals surface area contributed by atoms with Crippen molar-refractivity contribution in [2.45, 2.75) is 13.0 Å². The fourth-order valence-corrected chi connectivity index (χ4v) is 2.49. The second kappa shape index (κ2) is 7.19. The Labute approximate surface area is 133 Å². The normalized spacial score (nSPS) is 18.6. The number of ether oxygens (including phenoxy) is 1. The number of rotatable bonds is 4. The van der Waals surface area contributed by atoms with Crippen LogP contribution >= 0.6 is 0 Å². The van der Waals surface area contributed by atoms with E-state index in [4.69, 9.17) is 4.74 Å². The number of hydrogen-bond acceptors (Lipinski definition) is 4. The highest BCUT2D eigenvalue weighted by molar-refractivity contribution is 5.96. The quantitative estimate of drug-likeness (QED) is 0.683. The molecule has 1 aromatic rings. The van der Waals surface area contributed by atoms with Crippen LogP contribution in [0.3, 0.4) is 0 Å². The third kappa shape index (κ3) is 3.48. The van der Waals surface area contributed by atoms with Crippen LogP contribution in [0, 0.1) is 5.82 Å². The van der Waals surface area contributed by atoms with Crippen molar-refractivity contribution in [3.8, 4) is 5.75 Å². The molecule has 1 amide bonds. The molecule has 0 aliphatic carbocycles. The molecule has 23 heavy (non-hydrogen) atoms. The summed E-state index contributed by atoms with van der Waals surface area (Å²) in [7, 11) is 0. The zero-order valence-corrected chi connectivity index (χ0v) is 12.8. The van der Waals surface area contributed by atoms with Gasteiger partial charge < -0.3 is 14.7 Å². The molecular weight excluding hydrogens is 301 g/mol. The van der Waals surface area contributed by atoms with Gasteiger partial charge in [0.05, 0.1) is 24.8 Å². The molecule has 122 valence electrons. The van der Waals surface area contributed by atoms with E-state index in [9.17, 15) is 19.1 Å². The number of halogens is 1. The zero-order chi connectivity index (χ0) is 17.0. The van der Waals surface area contributed by atoms with Gasteiger partial charge >= 0.3 is 0 Å². The maximum atomic E-state index is 13.6. The van der Waals surface area contributed by atoms with Crippen molar-refractivity contribution in [2.75, 3.05) is 19.7 Å². The Morgan fingerprint density at radius 1 is 1.52 bits per heavy atom. The number of phenolic OH excluding ortho intramolecular Hbond substituents is 1. The molecule has 1 saturated heterocycles. The summed E-state index contributed by atoms with van der Waals surface area (Å²) in [6.07, 6.45) is 3.55. The van der Waals surface area contributed by atoms with Crippen LogP contribution in [0.4, 0.5) is 4.39 Å². The van der Waals surface area contributed by atoms with Crippen molar-refractivity contribution in [3.63, 3.8) is 0 Å². The fourth-order valence-electron chi connectivity index (χ4n) is 2.49. The van der Waals surface area contributed by atoms with Gasteiger partial charge in [0.2, 0.25) is 0 Å². The van der Waals surface area contributed by atoms with Crippen LogP contribution < -0.4 is 0 Å². The molecule has 1 heterocycles. The van der Waals surface area contributed by atoms with Gasteiger partial charge in [0.15, 0.2) is 17.9 Å². The largest absolute Gasteiger partial charge is 0.504 e. The van der Waals surface area contributed by atoms with Gasteiger partial charge in [-0.2, -0.15) is 0 Å². The number of carbonyl (C=O) groups is 2. The summed E-state index contributed by atoms with van der Waals surface area (Å²) in [4.78, 5) is 24.9. The Hall–Kier alpha value is -2.47. The maximum Gasteiger partial charge on any atom is 0.254 e. The summed E-state index contributed by atoms with van der Waals surface area (Å²) in [5.41, 5.74) is 0.634. The Kier molecular flexibility index (Phi) is 5.28. The van der Waals surface area contributed by atoms with E-state index in [1.54, 1.807) is 6.08 Å². The molecule has 1 atom stereocenters. The standard InChI is InChI=1S/C17H18FNO4/c1-3-11(4-2)15-9-19(5-6-23-15)17(22)12-7-13(10-20)16(21)14(18)8-12/h3-4,7-8,10,15,21H,1,5-6,9H2,2H3/b11-4+. The van der Waals surface area contributed by atoms with E-state index in [0.29, 0.717) is 26.0 Å². The lowest BCUT2D eigenvalue weighted by molar-refractivity contribution is -0.00320. The van der Waals surface area contributed by atoms with Crippen molar-refractivity contribution < 1.29 is 23.8 Å². The highest BCUT2D eigenvalue weighted by Crippen LogP contribution is 2.23. The molecule has 1 aliphatic rings. The van der Waals surface area contributed by atoms with Crippen LogP contribution in [0.1, 0.15) is 27.6 Å². The Bertz CT molecular complexity index is 669. The number of allylic oxidation sites excluding steroid dienone is 1. The first-order chi connectivity index (χ1) is 11.0. The molecule has 6 heteroatoms. The van der Waals surface area contributed by atoms with Crippen molar-refractivity contribution in [1.82, 2.24) is 4.90 Å². The molecule has 1 aromatic carbocycles. The second-order valence-electron chi connectivity index (χ2n) is 5.12. The fraction of sp³-hybridized carbons (Fsp3) is 0.294. The van der Waals surface area contributed by atoms with E-state index in [1.165, 1.54) is 11.0 Å². The third-order valence-corrected chi connectivity index (χ3v) is 3.76. The van der Waals surface area contributed by atoms with E-state index in [1.807, 2.05) is 13.0 Å². The van der Waals surface area contributed by atoms with Crippen LogP contribution in [0.25, 0.3) is 0 Å². The number of morpholine rings is 1. The van der Waals surface area contributed by atoms with Gasteiger partial charge in [-0.05, 0) is 24.6 Å². The number of hydrogen-bond donors (Lipinski definition) is 1. The first-order valence-corrected chi connectivity index (χ1v) is 7.19. The lowest BCUT2D eigenvalue weighted by atomic mass is 10.1. The Morgan fingerprint density at radius 2 is 2.26 bits per heavy atom. The molecule has 0 saturated carbocycles. The minimum Gasteiger partial charge on any atom is -0.504 e. The van der Waals surface area contributed by atoms with Crippen LogP contribution in [0.2, 0.25) is 0 Å². The molecule has 5 nitrogen and oxygen atoms in total. The van der Waals surface area contributed by atoms with E-state index in [-0.39, 0.29) is 17.2 Å². The monoisotopic (exact) mass is 319 g/mol. The number of aromatic hydroxyl groups is 1. The molecule has 0 spiro atoms. The van der Waals surface area contributed by atoms with Gasteiger partial charge in [-0.3, -0.25) is 9.59 Å². The number of aldehydes is 1. The van der Waals surface area contributed by atoms with Crippen molar-refractivity contribution >= 4 is 12.2 Å². The zero-order valence-electron chi connectivity index (χ0n) is 12.8. The molecule has 0 aromatic heterocycles. The van der Waals surface area contributed by atoms with Gasteiger partial charge in [-0.25, -0.2) is 4.39 Å². The summed E-state index contributed by atoms with van der Waals surface area (Å²) < 4.78 is 19.3. The first-order valence-electron chi connectivity index (χ1n) is 7.19. The predicted octanol–water partition coefficient (Wildman–Crippen LogP) is 2.32. The molecule has 0 bridgehead atoms. The maximum absolute atomic E-state index is 13.6. The average molecular weight is 319 g/mol. The van der Waals surface area contributed by atoms with Crippen LogP contribution in [-0.2, 0) is 4.74 Å². The van der Waals surface area contributed by atoms with E-state index in [2.05, 4.69) is 6.58 Å². The van der Waals surface area contributed by atoms with E-state index < -0.39 is 17.5 Å². The molecule has 1 N–H and O–H groups in total. The van der Waals surface area contributed by atoms with Crippen molar-refractivity contribution in [2.24, 2.45) is 0 Å². The van der Waals surface area contributed by atoms with Gasteiger partial charge in [0.25, 0.3) is 5.91 Å². The van der Waals surface area contributed by atoms with E-state index in [0.717, 1.165) is 11.6 Å². The number of nitrogens with zero attached hydrogens (tertiary/aromatic N) is 1. The molecule has 1 fully saturated rings. The third-order valence-electron chi connectivity index (χ3n) is 3.76. The minimum absolute atomic E-state index is 0.0173. The summed E-state index contributed by atoms with van der Waals surface area (Å²) >= 11 is 0. The molecule has 1 aliphatic heterocycles. The van der Waals surface area contributed by atoms with Gasteiger partial charge in [-0.15, -0.1) is 0 Å². The van der Waals surface area contributed by atoms with Crippen LogP contribution in [0.15, 0.2) is 36.4 Å². The van der Waals surface area contributed by atoms with Crippen molar-refractivity contribution in [3.05, 3.63) is 53.4 Å². The lowest BCUT2D eigenvalue weighted by Crippen LogP contribution is -2.46. The SMILES string of the molecule is C=C/C(=C\C)C1CN(C(=O)c2cc(F)c(O)c(C=O)c2)CCO1. The van der Waals surface area contributed by atoms with Crippen LogP contribution in [-0.4, -0.2) is 48.0 Å². The lowest BCUT2D eigenvalue weighted by Gasteiger charge is -2.33.